The van der Waals surface area contributed by atoms with Crippen molar-refractivity contribution < 1.29 is 4.79 Å². The summed E-state index contributed by atoms with van der Waals surface area (Å²) in [6.07, 6.45) is 0. The third-order valence-electron chi connectivity index (χ3n) is 2.40. The molecule has 1 heterocycles. The minimum atomic E-state index is -0.312. The molecular formula is C8H16N2O. The standard InChI is InChI=1S/C8H16N2O/c1-4-10-6-5-9-7(11)8(10,2)3/h4-6H2,1-3H3,(H,9,11). The van der Waals surface area contributed by atoms with Crippen LogP contribution in [-0.4, -0.2) is 36.0 Å². The van der Waals surface area contributed by atoms with Gasteiger partial charge in [0.1, 0.15) is 0 Å². The smallest absolute Gasteiger partial charge is 0.239 e. The Bertz CT molecular complexity index is 165. The third kappa shape index (κ3) is 1.38. The van der Waals surface area contributed by atoms with Crippen LogP contribution in [0.1, 0.15) is 20.8 Å². The van der Waals surface area contributed by atoms with Crippen LogP contribution in [0.2, 0.25) is 0 Å². The molecular weight excluding hydrogens is 140 g/mol. The molecule has 0 atom stereocenters. The highest BCUT2D eigenvalue weighted by Crippen LogP contribution is 2.16. The van der Waals surface area contributed by atoms with Crippen molar-refractivity contribution in [3.63, 3.8) is 0 Å². The van der Waals surface area contributed by atoms with Crippen LogP contribution in [0.4, 0.5) is 0 Å². The van der Waals surface area contributed by atoms with Crippen molar-refractivity contribution in [2.75, 3.05) is 19.6 Å². The second-order valence-electron chi connectivity index (χ2n) is 3.39. The van der Waals surface area contributed by atoms with Gasteiger partial charge in [-0.3, -0.25) is 9.69 Å². The van der Waals surface area contributed by atoms with Crippen LogP contribution in [0.5, 0.6) is 0 Å². The molecule has 0 radical (unpaired) electrons. The van der Waals surface area contributed by atoms with Crippen LogP contribution < -0.4 is 5.32 Å². The Hall–Kier alpha value is -0.570. The molecule has 0 bridgehead atoms. The van der Waals surface area contributed by atoms with E-state index in [1.807, 2.05) is 13.8 Å². The van der Waals surface area contributed by atoms with E-state index in [0.29, 0.717) is 0 Å². The number of nitrogens with one attached hydrogen (secondary N) is 1. The fourth-order valence-corrected chi connectivity index (χ4v) is 1.50. The van der Waals surface area contributed by atoms with E-state index in [0.717, 1.165) is 19.6 Å². The summed E-state index contributed by atoms with van der Waals surface area (Å²) in [6.45, 7) is 8.71. The molecule has 64 valence electrons. The minimum Gasteiger partial charge on any atom is -0.353 e. The van der Waals surface area contributed by atoms with Gasteiger partial charge in [-0.05, 0) is 20.4 Å². The zero-order chi connectivity index (χ0) is 8.48. The lowest BCUT2D eigenvalue weighted by atomic mass is 9.99. The summed E-state index contributed by atoms with van der Waals surface area (Å²) < 4.78 is 0. The van der Waals surface area contributed by atoms with Crippen molar-refractivity contribution in [3.05, 3.63) is 0 Å². The van der Waals surface area contributed by atoms with E-state index in [1.165, 1.54) is 0 Å². The summed E-state index contributed by atoms with van der Waals surface area (Å²) in [5, 5.41) is 2.86. The molecule has 0 aromatic heterocycles. The van der Waals surface area contributed by atoms with Crippen molar-refractivity contribution >= 4 is 5.91 Å². The Labute approximate surface area is 67.8 Å². The molecule has 3 nitrogen and oxygen atoms in total. The summed E-state index contributed by atoms with van der Waals surface area (Å²) in [5.41, 5.74) is -0.312. The quantitative estimate of drug-likeness (QED) is 0.589. The molecule has 1 amide bonds. The van der Waals surface area contributed by atoms with Gasteiger partial charge in [0.25, 0.3) is 0 Å². The summed E-state index contributed by atoms with van der Waals surface area (Å²) >= 11 is 0. The van der Waals surface area contributed by atoms with Crippen LogP contribution in [0, 0.1) is 0 Å². The molecule has 0 unspecified atom stereocenters. The molecule has 0 aromatic rings. The van der Waals surface area contributed by atoms with Crippen LogP contribution in [-0.2, 0) is 4.79 Å². The molecule has 1 aliphatic heterocycles. The van der Waals surface area contributed by atoms with Crippen molar-refractivity contribution in [3.8, 4) is 0 Å². The minimum absolute atomic E-state index is 0.144. The molecule has 11 heavy (non-hydrogen) atoms. The van der Waals surface area contributed by atoms with Crippen LogP contribution >= 0.6 is 0 Å². The largest absolute Gasteiger partial charge is 0.353 e. The Morgan fingerprint density at radius 1 is 1.64 bits per heavy atom. The first-order valence-corrected chi connectivity index (χ1v) is 4.12. The van der Waals surface area contributed by atoms with Crippen LogP contribution in [0.25, 0.3) is 0 Å². The third-order valence-corrected chi connectivity index (χ3v) is 2.40. The Kier molecular flexibility index (Phi) is 2.18. The first-order chi connectivity index (χ1) is 5.09. The maximum atomic E-state index is 11.3. The monoisotopic (exact) mass is 156 g/mol. The molecule has 1 aliphatic rings. The number of hydrogen-bond donors (Lipinski definition) is 1. The summed E-state index contributed by atoms with van der Waals surface area (Å²) in [7, 11) is 0. The van der Waals surface area contributed by atoms with Gasteiger partial charge < -0.3 is 5.32 Å². The predicted molar refractivity (Wildman–Crippen MR) is 44.3 cm³/mol. The average Bonchev–Trinajstić information content (AvgIpc) is 1.95. The number of amides is 1. The van der Waals surface area contributed by atoms with E-state index in [2.05, 4.69) is 17.1 Å². The van der Waals surface area contributed by atoms with Gasteiger partial charge in [-0.15, -0.1) is 0 Å². The molecule has 0 saturated carbocycles. The highest BCUT2D eigenvalue weighted by atomic mass is 16.2. The normalized spacial score (nSPS) is 24.8. The van der Waals surface area contributed by atoms with Gasteiger partial charge in [-0.2, -0.15) is 0 Å². The van der Waals surface area contributed by atoms with Gasteiger partial charge in [0.05, 0.1) is 5.54 Å². The summed E-state index contributed by atoms with van der Waals surface area (Å²) in [5.74, 6) is 0.144. The number of piperazine rings is 1. The topological polar surface area (TPSA) is 32.3 Å². The fraction of sp³-hybridized carbons (Fsp3) is 0.875. The van der Waals surface area contributed by atoms with E-state index in [-0.39, 0.29) is 11.4 Å². The molecule has 0 aromatic carbocycles. The molecule has 0 aliphatic carbocycles. The van der Waals surface area contributed by atoms with Gasteiger partial charge >= 0.3 is 0 Å². The number of rotatable bonds is 1. The van der Waals surface area contributed by atoms with E-state index in [1.54, 1.807) is 0 Å². The zero-order valence-electron chi connectivity index (χ0n) is 7.48. The van der Waals surface area contributed by atoms with Gasteiger partial charge in [-0.1, -0.05) is 6.92 Å². The maximum Gasteiger partial charge on any atom is 0.239 e. The molecule has 3 heteroatoms. The molecule has 1 rings (SSSR count). The number of nitrogens with zero attached hydrogens (tertiary/aromatic N) is 1. The maximum absolute atomic E-state index is 11.3. The van der Waals surface area contributed by atoms with Crippen molar-refractivity contribution in [2.45, 2.75) is 26.3 Å². The number of likely N-dealkylation sites (N-methyl/N-ethyl adjacent to an activating group) is 1. The SMILES string of the molecule is CCN1CCNC(=O)C1(C)C. The van der Waals surface area contributed by atoms with Gasteiger partial charge in [0.15, 0.2) is 0 Å². The van der Waals surface area contributed by atoms with Gasteiger partial charge in [-0.25, -0.2) is 0 Å². The highest BCUT2D eigenvalue weighted by Gasteiger charge is 2.36. The van der Waals surface area contributed by atoms with E-state index >= 15 is 0 Å². The van der Waals surface area contributed by atoms with Crippen molar-refractivity contribution in [1.82, 2.24) is 10.2 Å². The van der Waals surface area contributed by atoms with Crippen molar-refractivity contribution in [2.24, 2.45) is 0 Å². The fourth-order valence-electron chi connectivity index (χ4n) is 1.50. The first kappa shape index (κ1) is 8.53. The lowest BCUT2D eigenvalue weighted by Gasteiger charge is -2.40. The second kappa shape index (κ2) is 2.81. The Balaban J connectivity index is 2.72. The molecule has 0 spiro atoms. The van der Waals surface area contributed by atoms with Crippen molar-refractivity contribution in [1.29, 1.82) is 0 Å². The molecule has 1 saturated heterocycles. The lowest BCUT2D eigenvalue weighted by molar-refractivity contribution is -0.134. The summed E-state index contributed by atoms with van der Waals surface area (Å²) in [4.78, 5) is 13.5. The highest BCUT2D eigenvalue weighted by molar-refractivity contribution is 5.86. The first-order valence-electron chi connectivity index (χ1n) is 4.12. The number of carbonyl (C=O) groups excluding carboxylic acids is 1. The molecule has 1 N–H and O–H groups in total. The van der Waals surface area contributed by atoms with E-state index in [4.69, 9.17) is 0 Å². The van der Waals surface area contributed by atoms with Crippen LogP contribution in [0.15, 0.2) is 0 Å². The lowest BCUT2D eigenvalue weighted by Crippen LogP contribution is -2.61. The predicted octanol–water partition coefficient (Wildman–Crippen LogP) is 0.217. The summed E-state index contributed by atoms with van der Waals surface area (Å²) in [6, 6.07) is 0. The van der Waals surface area contributed by atoms with Gasteiger partial charge in [0.2, 0.25) is 5.91 Å². The second-order valence-corrected chi connectivity index (χ2v) is 3.39. The number of carbonyl (C=O) groups is 1. The van der Waals surface area contributed by atoms with Gasteiger partial charge in [0, 0.05) is 13.1 Å². The zero-order valence-corrected chi connectivity index (χ0v) is 7.48. The van der Waals surface area contributed by atoms with Crippen LogP contribution in [0.3, 0.4) is 0 Å². The van der Waals surface area contributed by atoms with E-state index < -0.39 is 0 Å². The van der Waals surface area contributed by atoms with E-state index in [9.17, 15) is 4.79 Å². The number of hydrogen-bond acceptors (Lipinski definition) is 2. The molecule has 1 fully saturated rings. The average molecular weight is 156 g/mol. The Morgan fingerprint density at radius 3 is 2.73 bits per heavy atom. The Morgan fingerprint density at radius 2 is 2.27 bits per heavy atom.